The normalized spacial score (nSPS) is 12.5. The molecule has 0 radical (unpaired) electrons. The number of carboxylic acids is 1. The number of nitrogens with zero attached hydrogens (tertiary/aromatic N) is 1. The number of thiazole rings is 1. The first kappa shape index (κ1) is 19.6. The third-order valence-electron chi connectivity index (χ3n) is 3.42. The lowest BCUT2D eigenvalue weighted by Crippen LogP contribution is -2.01. The van der Waals surface area contributed by atoms with Crippen LogP contribution in [-0.4, -0.2) is 20.7 Å². The molecule has 0 aromatic carbocycles. The molecule has 0 aliphatic carbocycles. The Morgan fingerprint density at radius 2 is 2.13 bits per heavy atom. The molecule has 0 bridgehead atoms. The summed E-state index contributed by atoms with van der Waals surface area (Å²) in [5.74, 6) is -0.282. The maximum atomic E-state index is 10.6. The van der Waals surface area contributed by atoms with Gasteiger partial charge in [-0.05, 0) is 57.3 Å². The number of aromatic hydroxyl groups is 1. The molecular weight excluding hydrogens is 330 g/mol. The Morgan fingerprint density at radius 3 is 2.74 bits per heavy atom. The number of hydrogen-bond acceptors (Lipinski definition) is 4. The van der Waals surface area contributed by atoms with E-state index in [9.17, 15) is 9.90 Å². The molecule has 1 aromatic rings. The average molecular weight is 356 g/mol. The van der Waals surface area contributed by atoms with Gasteiger partial charge in [0.25, 0.3) is 0 Å². The van der Waals surface area contributed by atoms with Crippen molar-refractivity contribution in [2.75, 3.05) is 0 Å². The van der Waals surface area contributed by atoms with Crippen molar-refractivity contribution in [1.82, 2.24) is 4.57 Å². The van der Waals surface area contributed by atoms with Crippen LogP contribution < -0.4 is 0 Å². The van der Waals surface area contributed by atoms with Crippen LogP contribution in [0.2, 0.25) is 0 Å². The molecule has 4 nitrogen and oxygen atoms in total. The largest absolute Gasteiger partial charge is 0.493 e. The van der Waals surface area contributed by atoms with E-state index in [-0.39, 0.29) is 12.3 Å². The zero-order valence-electron chi connectivity index (χ0n) is 13.9. The standard InChI is InChI=1S/C17H25NO3S2/c1-12(2)6-4-7-13(3)9-10-14-16(21)18(17(22)23-14)11-5-8-15(19)20/h6,9-10,13,21H,4-5,7-8,11H2,1-3H3,(H,19,20). The highest BCUT2D eigenvalue weighted by molar-refractivity contribution is 7.73. The van der Waals surface area contributed by atoms with Crippen molar-refractivity contribution in [3.05, 3.63) is 26.6 Å². The van der Waals surface area contributed by atoms with Gasteiger partial charge in [-0.1, -0.05) is 24.6 Å². The molecule has 1 unspecified atom stereocenters. The van der Waals surface area contributed by atoms with Crippen molar-refractivity contribution < 1.29 is 15.0 Å². The van der Waals surface area contributed by atoms with E-state index < -0.39 is 5.97 Å². The van der Waals surface area contributed by atoms with Crippen molar-refractivity contribution >= 4 is 35.6 Å². The van der Waals surface area contributed by atoms with Gasteiger partial charge in [0.15, 0.2) is 3.95 Å². The predicted molar refractivity (Wildman–Crippen MR) is 98.5 cm³/mol. The molecule has 0 fully saturated rings. The molecule has 0 saturated heterocycles. The van der Waals surface area contributed by atoms with Crippen molar-refractivity contribution in [3.8, 4) is 5.88 Å². The van der Waals surface area contributed by atoms with Gasteiger partial charge in [0.2, 0.25) is 5.88 Å². The number of rotatable bonds is 9. The third-order valence-corrected chi connectivity index (χ3v) is 4.82. The monoisotopic (exact) mass is 355 g/mol. The fourth-order valence-electron chi connectivity index (χ4n) is 2.09. The molecule has 1 aromatic heterocycles. The van der Waals surface area contributed by atoms with Gasteiger partial charge < -0.3 is 10.2 Å². The van der Waals surface area contributed by atoms with Gasteiger partial charge in [-0.15, -0.1) is 11.3 Å². The first-order valence-electron chi connectivity index (χ1n) is 7.77. The fraction of sp³-hybridized carbons (Fsp3) is 0.529. The summed E-state index contributed by atoms with van der Waals surface area (Å²) in [4.78, 5) is 11.3. The molecular formula is C17H25NO3S2. The van der Waals surface area contributed by atoms with E-state index >= 15 is 0 Å². The molecule has 0 aliphatic rings. The first-order valence-corrected chi connectivity index (χ1v) is 8.99. The van der Waals surface area contributed by atoms with E-state index in [1.807, 2.05) is 6.08 Å². The maximum Gasteiger partial charge on any atom is 0.303 e. The van der Waals surface area contributed by atoms with E-state index in [2.05, 4.69) is 32.9 Å². The molecule has 0 aliphatic heterocycles. The summed E-state index contributed by atoms with van der Waals surface area (Å²) >= 11 is 6.60. The summed E-state index contributed by atoms with van der Waals surface area (Å²) in [6.07, 6.45) is 8.86. The van der Waals surface area contributed by atoms with E-state index in [0.29, 0.717) is 22.8 Å². The Bertz CT molecular complexity index is 637. The molecule has 23 heavy (non-hydrogen) atoms. The van der Waals surface area contributed by atoms with Gasteiger partial charge in [0.1, 0.15) is 0 Å². The molecule has 6 heteroatoms. The van der Waals surface area contributed by atoms with E-state index in [1.54, 1.807) is 4.57 Å². The lowest BCUT2D eigenvalue weighted by atomic mass is 10.0. The third kappa shape index (κ3) is 7.14. The van der Waals surface area contributed by atoms with Crippen molar-refractivity contribution in [1.29, 1.82) is 0 Å². The van der Waals surface area contributed by atoms with Gasteiger partial charge in [-0.2, -0.15) is 0 Å². The lowest BCUT2D eigenvalue weighted by Gasteiger charge is -2.04. The molecule has 0 spiro atoms. The number of carboxylic acid groups (broad SMARTS) is 1. The zero-order valence-corrected chi connectivity index (χ0v) is 15.5. The highest BCUT2D eigenvalue weighted by Crippen LogP contribution is 2.28. The van der Waals surface area contributed by atoms with Crippen LogP contribution in [0.3, 0.4) is 0 Å². The number of carbonyl (C=O) groups is 1. The summed E-state index contributed by atoms with van der Waals surface area (Å²) < 4.78 is 2.18. The van der Waals surface area contributed by atoms with Gasteiger partial charge in [0.05, 0.1) is 4.88 Å². The van der Waals surface area contributed by atoms with Crippen molar-refractivity contribution in [3.63, 3.8) is 0 Å². The van der Waals surface area contributed by atoms with Crippen LogP contribution in [0.25, 0.3) is 6.08 Å². The molecule has 0 saturated carbocycles. The second-order valence-corrected chi connectivity index (χ2v) is 7.58. The number of aromatic nitrogens is 1. The average Bonchev–Trinajstić information content (AvgIpc) is 2.71. The van der Waals surface area contributed by atoms with Gasteiger partial charge in [0, 0.05) is 13.0 Å². The van der Waals surface area contributed by atoms with Gasteiger partial charge >= 0.3 is 5.97 Å². The van der Waals surface area contributed by atoms with Crippen LogP contribution >= 0.6 is 23.6 Å². The summed E-state index contributed by atoms with van der Waals surface area (Å²) in [5.41, 5.74) is 1.33. The molecule has 0 amide bonds. The molecule has 1 atom stereocenters. The van der Waals surface area contributed by atoms with Crippen LogP contribution in [0.4, 0.5) is 0 Å². The van der Waals surface area contributed by atoms with Gasteiger partial charge in [-0.3, -0.25) is 9.36 Å². The number of allylic oxidation sites excluding steroid dienone is 3. The smallest absolute Gasteiger partial charge is 0.303 e. The zero-order chi connectivity index (χ0) is 17.4. The quantitative estimate of drug-likeness (QED) is 0.469. The minimum atomic E-state index is -0.837. The Kier molecular flexibility index (Phi) is 8.26. The van der Waals surface area contributed by atoms with Crippen LogP contribution in [0, 0.1) is 9.87 Å². The molecule has 2 N–H and O–H groups in total. The highest BCUT2D eigenvalue weighted by Gasteiger charge is 2.10. The topological polar surface area (TPSA) is 62.5 Å². The summed E-state index contributed by atoms with van der Waals surface area (Å²) in [6, 6.07) is 0. The Balaban J connectivity index is 2.67. The summed E-state index contributed by atoms with van der Waals surface area (Å²) in [7, 11) is 0. The lowest BCUT2D eigenvalue weighted by molar-refractivity contribution is -0.137. The van der Waals surface area contributed by atoms with Crippen molar-refractivity contribution in [2.45, 2.75) is 53.0 Å². The Morgan fingerprint density at radius 1 is 1.43 bits per heavy atom. The summed E-state index contributed by atoms with van der Waals surface area (Å²) in [6.45, 7) is 6.77. The first-order chi connectivity index (χ1) is 10.8. The second-order valence-electron chi connectivity index (χ2n) is 5.90. The van der Waals surface area contributed by atoms with Crippen LogP contribution in [0.15, 0.2) is 17.7 Å². The SMILES string of the molecule is CC(C)=CCCC(C)C=Cc1sc(=S)n(CCCC(=O)O)c1O. The Hall–Kier alpha value is -1.40. The van der Waals surface area contributed by atoms with Crippen LogP contribution in [0.5, 0.6) is 5.88 Å². The molecule has 128 valence electrons. The fourth-order valence-corrected chi connectivity index (χ4v) is 3.36. The van der Waals surface area contributed by atoms with E-state index in [1.165, 1.54) is 16.9 Å². The number of aliphatic carboxylic acids is 1. The predicted octanol–water partition coefficient (Wildman–Crippen LogP) is 5.25. The second kappa shape index (κ2) is 9.67. The minimum absolute atomic E-state index is 0.0730. The number of hydrogen-bond donors (Lipinski definition) is 2. The minimum Gasteiger partial charge on any atom is -0.493 e. The van der Waals surface area contributed by atoms with Crippen LogP contribution in [-0.2, 0) is 11.3 Å². The summed E-state index contributed by atoms with van der Waals surface area (Å²) in [5, 5.41) is 18.9. The van der Waals surface area contributed by atoms with Gasteiger partial charge in [-0.25, -0.2) is 0 Å². The molecule has 1 heterocycles. The highest BCUT2D eigenvalue weighted by atomic mass is 32.1. The van der Waals surface area contributed by atoms with Crippen molar-refractivity contribution in [2.24, 2.45) is 5.92 Å². The van der Waals surface area contributed by atoms with Crippen LogP contribution in [0.1, 0.15) is 51.3 Å². The maximum absolute atomic E-state index is 10.6. The van der Waals surface area contributed by atoms with E-state index in [4.69, 9.17) is 17.3 Å². The molecule has 1 rings (SSSR count). The Labute approximate surface area is 146 Å². The van der Waals surface area contributed by atoms with E-state index in [0.717, 1.165) is 17.7 Å².